The third-order valence-corrected chi connectivity index (χ3v) is 4.88. The van der Waals surface area contributed by atoms with Gasteiger partial charge in [0.05, 0.1) is 16.6 Å². The molecule has 1 aliphatic heterocycles. The first-order chi connectivity index (χ1) is 12.6. The van der Waals surface area contributed by atoms with Crippen LogP contribution in [0.5, 0.6) is 0 Å². The third kappa shape index (κ3) is 2.95. The van der Waals surface area contributed by atoms with Gasteiger partial charge in [-0.3, -0.25) is 4.79 Å². The van der Waals surface area contributed by atoms with Crippen molar-refractivity contribution in [1.82, 2.24) is 25.0 Å². The maximum absolute atomic E-state index is 12.4. The van der Waals surface area contributed by atoms with Gasteiger partial charge in [-0.2, -0.15) is 0 Å². The normalized spacial score (nSPS) is 14.5. The predicted octanol–water partition coefficient (Wildman–Crippen LogP) is 2.62. The predicted molar refractivity (Wildman–Crippen MR) is 99.6 cm³/mol. The molecule has 26 heavy (non-hydrogen) atoms. The molecule has 4 rings (SSSR count). The van der Waals surface area contributed by atoms with Crippen LogP contribution in [0.25, 0.3) is 11.2 Å². The van der Waals surface area contributed by atoms with Crippen molar-refractivity contribution in [2.75, 3.05) is 23.3 Å². The van der Waals surface area contributed by atoms with Crippen molar-refractivity contribution >= 4 is 51.8 Å². The molecule has 8 nitrogen and oxygen atoms in total. The van der Waals surface area contributed by atoms with Gasteiger partial charge in [-0.05, 0) is 25.1 Å². The van der Waals surface area contributed by atoms with Gasteiger partial charge >= 0.3 is 0 Å². The van der Waals surface area contributed by atoms with Crippen LogP contribution >= 0.6 is 23.2 Å². The molecule has 10 heteroatoms. The summed E-state index contributed by atoms with van der Waals surface area (Å²) in [5, 5.41) is 12.0. The summed E-state index contributed by atoms with van der Waals surface area (Å²) in [6.45, 7) is 3.73. The summed E-state index contributed by atoms with van der Waals surface area (Å²) in [7, 11) is 0. The highest BCUT2D eigenvalue weighted by atomic mass is 35.5. The van der Waals surface area contributed by atoms with Crippen LogP contribution in [-0.2, 0) is 11.3 Å². The Balaban J connectivity index is 1.46. The number of halogens is 2. The second kappa shape index (κ2) is 6.69. The molecular weight excluding hydrogens is 377 g/mol. The number of amides is 1. The van der Waals surface area contributed by atoms with E-state index in [4.69, 9.17) is 23.2 Å². The van der Waals surface area contributed by atoms with Crippen LogP contribution in [-0.4, -0.2) is 44.0 Å². The fraction of sp³-hybridized carbons (Fsp3) is 0.312. The van der Waals surface area contributed by atoms with Crippen molar-refractivity contribution in [2.45, 2.75) is 13.5 Å². The average Bonchev–Trinajstić information content (AvgIpc) is 3.01. The molecule has 0 radical (unpaired) electrons. The van der Waals surface area contributed by atoms with Gasteiger partial charge in [-0.1, -0.05) is 28.4 Å². The Morgan fingerprint density at radius 3 is 2.88 bits per heavy atom. The quantitative estimate of drug-likeness (QED) is 0.735. The molecule has 1 fully saturated rings. The number of carbonyl (C=O) groups excluding carboxylic acids is 1. The van der Waals surface area contributed by atoms with Crippen molar-refractivity contribution in [2.24, 2.45) is 5.92 Å². The van der Waals surface area contributed by atoms with E-state index in [-0.39, 0.29) is 11.8 Å². The molecule has 1 aromatic carbocycles. The molecule has 0 spiro atoms. The van der Waals surface area contributed by atoms with Gasteiger partial charge in [0.1, 0.15) is 6.33 Å². The monoisotopic (exact) mass is 391 g/mol. The zero-order valence-electron chi connectivity index (χ0n) is 13.9. The largest absolute Gasteiger partial charge is 0.353 e. The van der Waals surface area contributed by atoms with Crippen molar-refractivity contribution in [3.8, 4) is 0 Å². The summed E-state index contributed by atoms with van der Waals surface area (Å²) in [6, 6.07) is 4.96. The average molecular weight is 392 g/mol. The summed E-state index contributed by atoms with van der Waals surface area (Å²) in [5.41, 5.74) is 1.85. The van der Waals surface area contributed by atoms with Gasteiger partial charge in [-0.15, -0.1) is 5.10 Å². The van der Waals surface area contributed by atoms with E-state index in [9.17, 15) is 4.79 Å². The van der Waals surface area contributed by atoms with Crippen molar-refractivity contribution in [3.63, 3.8) is 0 Å². The highest BCUT2D eigenvalue weighted by Gasteiger charge is 2.35. The van der Waals surface area contributed by atoms with Gasteiger partial charge in [0.25, 0.3) is 0 Å². The standard InChI is InChI=1S/C16H15Cl2N7O/c1-2-25-15-13(22-23-25)14(19-8-20-15)24-6-9(7-24)16(26)21-12-5-10(17)3-4-11(12)18/h3-5,8-9H,2,6-7H2,1H3,(H,21,26). The first kappa shape index (κ1) is 17.0. The highest BCUT2D eigenvalue weighted by molar-refractivity contribution is 6.35. The number of hydrogen-bond donors (Lipinski definition) is 1. The SMILES string of the molecule is CCn1nnc2c(N3CC(C(=O)Nc4cc(Cl)ccc4Cl)C3)ncnc21. The van der Waals surface area contributed by atoms with Crippen LogP contribution in [0, 0.1) is 5.92 Å². The van der Waals surface area contributed by atoms with Crippen LogP contribution < -0.4 is 10.2 Å². The molecule has 1 aliphatic rings. The molecule has 0 atom stereocenters. The van der Waals surface area contributed by atoms with E-state index in [1.165, 1.54) is 6.33 Å². The van der Waals surface area contributed by atoms with Crippen molar-refractivity contribution in [3.05, 3.63) is 34.6 Å². The Labute approximate surface area is 159 Å². The Kier molecular flexibility index (Phi) is 4.37. The molecule has 3 aromatic rings. The molecule has 1 N–H and O–H groups in total. The topological polar surface area (TPSA) is 88.8 Å². The van der Waals surface area contributed by atoms with Gasteiger partial charge in [-0.25, -0.2) is 14.6 Å². The van der Waals surface area contributed by atoms with E-state index in [0.717, 1.165) is 0 Å². The number of aryl methyl sites for hydroxylation is 1. The number of benzene rings is 1. The molecule has 1 amide bonds. The smallest absolute Gasteiger partial charge is 0.231 e. The molecular formula is C16H15Cl2N7O. The van der Waals surface area contributed by atoms with Gasteiger partial charge < -0.3 is 10.2 Å². The van der Waals surface area contributed by atoms with Gasteiger partial charge in [0.2, 0.25) is 5.91 Å². The molecule has 2 aromatic heterocycles. The van der Waals surface area contributed by atoms with Crippen LogP contribution in [0.15, 0.2) is 24.5 Å². The number of nitrogens with one attached hydrogen (secondary N) is 1. The van der Waals surface area contributed by atoms with Crippen LogP contribution in [0.2, 0.25) is 10.0 Å². The van der Waals surface area contributed by atoms with Crippen LogP contribution in [0.3, 0.4) is 0 Å². The first-order valence-electron chi connectivity index (χ1n) is 8.12. The van der Waals surface area contributed by atoms with Crippen LogP contribution in [0.1, 0.15) is 6.92 Å². The Morgan fingerprint density at radius 2 is 2.12 bits per heavy atom. The Bertz CT molecular complexity index is 984. The molecule has 1 saturated heterocycles. The molecule has 134 valence electrons. The van der Waals surface area contributed by atoms with Gasteiger partial charge in [0, 0.05) is 24.7 Å². The summed E-state index contributed by atoms with van der Waals surface area (Å²) < 4.78 is 1.71. The lowest BCUT2D eigenvalue weighted by Gasteiger charge is -2.38. The number of rotatable bonds is 4. The van der Waals surface area contributed by atoms with E-state index < -0.39 is 0 Å². The molecule has 0 bridgehead atoms. The van der Waals surface area contributed by atoms with Crippen LogP contribution in [0.4, 0.5) is 11.5 Å². The second-order valence-corrected chi connectivity index (χ2v) is 6.83. The molecule has 0 aliphatic carbocycles. The molecule has 3 heterocycles. The first-order valence-corrected chi connectivity index (χ1v) is 8.87. The summed E-state index contributed by atoms with van der Waals surface area (Å²) in [4.78, 5) is 23.0. The van der Waals surface area contributed by atoms with E-state index in [2.05, 4.69) is 25.6 Å². The number of nitrogens with zero attached hydrogens (tertiary/aromatic N) is 6. The minimum atomic E-state index is -0.170. The summed E-state index contributed by atoms with van der Waals surface area (Å²) in [5.74, 6) is 0.420. The zero-order chi connectivity index (χ0) is 18.3. The van der Waals surface area contributed by atoms with E-state index >= 15 is 0 Å². The fourth-order valence-electron chi connectivity index (χ4n) is 2.87. The van der Waals surface area contributed by atoms with E-state index in [1.54, 1.807) is 22.9 Å². The third-order valence-electron chi connectivity index (χ3n) is 4.32. The number of aromatic nitrogens is 5. The lowest BCUT2D eigenvalue weighted by atomic mass is 9.99. The molecule has 0 saturated carbocycles. The van der Waals surface area contributed by atoms with E-state index in [1.807, 2.05) is 11.8 Å². The van der Waals surface area contributed by atoms with Gasteiger partial charge in [0.15, 0.2) is 17.0 Å². The number of carbonyl (C=O) groups is 1. The number of anilines is 2. The highest BCUT2D eigenvalue weighted by Crippen LogP contribution is 2.30. The number of hydrogen-bond acceptors (Lipinski definition) is 6. The second-order valence-electron chi connectivity index (χ2n) is 5.99. The Hall–Kier alpha value is -2.45. The lowest BCUT2D eigenvalue weighted by molar-refractivity contribution is -0.120. The Morgan fingerprint density at radius 1 is 1.31 bits per heavy atom. The molecule has 0 unspecified atom stereocenters. The number of fused-ring (bicyclic) bond motifs is 1. The van der Waals surface area contributed by atoms with Crippen molar-refractivity contribution < 1.29 is 4.79 Å². The van der Waals surface area contributed by atoms with E-state index in [0.29, 0.717) is 52.3 Å². The fourth-order valence-corrected chi connectivity index (χ4v) is 3.21. The lowest BCUT2D eigenvalue weighted by Crippen LogP contribution is -2.52. The minimum absolute atomic E-state index is 0.104. The summed E-state index contributed by atoms with van der Waals surface area (Å²) >= 11 is 12.0. The maximum atomic E-state index is 12.4. The van der Waals surface area contributed by atoms with Crippen molar-refractivity contribution in [1.29, 1.82) is 0 Å². The zero-order valence-corrected chi connectivity index (χ0v) is 15.4. The maximum Gasteiger partial charge on any atom is 0.231 e. The minimum Gasteiger partial charge on any atom is -0.353 e. The summed E-state index contributed by atoms with van der Waals surface area (Å²) in [6.07, 6.45) is 1.49.